The molecule has 1 amide bonds. The summed E-state index contributed by atoms with van der Waals surface area (Å²) < 4.78 is 5.48. The van der Waals surface area contributed by atoms with E-state index >= 15 is 0 Å². The topological polar surface area (TPSA) is 58.6 Å². The third-order valence-electron chi connectivity index (χ3n) is 3.60. The number of benzene rings is 1. The predicted molar refractivity (Wildman–Crippen MR) is 77.7 cm³/mol. The molecule has 0 heterocycles. The van der Waals surface area contributed by atoms with Crippen LogP contribution in [-0.2, 0) is 4.79 Å². The van der Waals surface area contributed by atoms with Gasteiger partial charge in [0.05, 0.1) is 0 Å². The summed E-state index contributed by atoms with van der Waals surface area (Å²) in [5.74, 6) is 0.718. The van der Waals surface area contributed by atoms with Gasteiger partial charge in [0.2, 0.25) is 0 Å². The van der Waals surface area contributed by atoms with Gasteiger partial charge in [0.25, 0.3) is 5.91 Å². The predicted octanol–water partition coefficient (Wildman–Crippen LogP) is 1.74. The van der Waals surface area contributed by atoms with Gasteiger partial charge in [-0.15, -0.1) is 0 Å². The minimum absolute atomic E-state index is 0.00278. The van der Waals surface area contributed by atoms with Gasteiger partial charge in [-0.1, -0.05) is 18.2 Å². The number of carbonyl (C=O) groups is 1. The van der Waals surface area contributed by atoms with Crippen molar-refractivity contribution in [2.24, 2.45) is 5.92 Å². The van der Waals surface area contributed by atoms with Gasteiger partial charge >= 0.3 is 0 Å². The third-order valence-corrected chi connectivity index (χ3v) is 3.60. The minimum atomic E-state index is -0.142. The molecule has 0 spiro atoms. The van der Waals surface area contributed by atoms with Crippen molar-refractivity contribution in [3.63, 3.8) is 0 Å². The molecule has 0 saturated heterocycles. The highest BCUT2D eigenvalue weighted by molar-refractivity contribution is 5.78. The summed E-state index contributed by atoms with van der Waals surface area (Å²) in [5.41, 5.74) is 2.35. The fourth-order valence-electron chi connectivity index (χ4n) is 2.22. The molecule has 1 aliphatic rings. The van der Waals surface area contributed by atoms with E-state index in [1.165, 1.54) is 5.56 Å². The Hall–Kier alpha value is -1.81. The molecule has 4 heteroatoms. The number of hydrogen-bond acceptors (Lipinski definition) is 3. The van der Waals surface area contributed by atoms with Crippen molar-refractivity contribution in [1.29, 1.82) is 0 Å². The quantitative estimate of drug-likeness (QED) is 0.805. The maximum Gasteiger partial charge on any atom is 0.258 e. The van der Waals surface area contributed by atoms with Crippen LogP contribution in [-0.4, -0.2) is 30.3 Å². The number of nitrogens with one attached hydrogen (secondary N) is 1. The lowest BCUT2D eigenvalue weighted by molar-refractivity contribution is -0.123. The van der Waals surface area contributed by atoms with Crippen molar-refractivity contribution < 1.29 is 14.6 Å². The SMILES string of the molecule is Cc1ccc(OCC(=O)N[C@@H]2C=C[C@H](CO)C2)cc1C. The molecule has 0 bridgehead atoms. The van der Waals surface area contributed by atoms with E-state index in [1.807, 2.05) is 44.2 Å². The fourth-order valence-corrected chi connectivity index (χ4v) is 2.22. The van der Waals surface area contributed by atoms with E-state index in [2.05, 4.69) is 5.32 Å². The Balaban J connectivity index is 1.78. The van der Waals surface area contributed by atoms with Crippen LogP contribution in [0, 0.1) is 19.8 Å². The van der Waals surface area contributed by atoms with E-state index in [-0.39, 0.29) is 31.1 Å². The number of aliphatic hydroxyl groups excluding tert-OH is 1. The molecule has 2 atom stereocenters. The highest BCUT2D eigenvalue weighted by Gasteiger charge is 2.19. The summed E-state index contributed by atoms with van der Waals surface area (Å²) in [7, 11) is 0. The van der Waals surface area contributed by atoms with Crippen molar-refractivity contribution in [1.82, 2.24) is 5.32 Å². The molecule has 1 aromatic rings. The van der Waals surface area contributed by atoms with Crippen LogP contribution in [0.3, 0.4) is 0 Å². The average Bonchev–Trinajstić information content (AvgIpc) is 2.88. The molecule has 0 aromatic heterocycles. The number of hydrogen-bond donors (Lipinski definition) is 2. The van der Waals surface area contributed by atoms with Gasteiger partial charge in [-0.25, -0.2) is 0 Å². The molecule has 4 nitrogen and oxygen atoms in total. The van der Waals surface area contributed by atoms with Crippen molar-refractivity contribution in [3.05, 3.63) is 41.5 Å². The molecule has 0 aliphatic heterocycles. The first-order valence-electron chi connectivity index (χ1n) is 6.87. The zero-order valence-corrected chi connectivity index (χ0v) is 11.9. The Morgan fingerprint density at radius 3 is 2.80 bits per heavy atom. The van der Waals surface area contributed by atoms with Gasteiger partial charge in [-0.05, 0) is 43.5 Å². The van der Waals surface area contributed by atoms with Gasteiger partial charge in [-0.2, -0.15) is 0 Å². The first kappa shape index (κ1) is 14.6. The van der Waals surface area contributed by atoms with E-state index in [0.29, 0.717) is 5.75 Å². The highest BCUT2D eigenvalue weighted by atomic mass is 16.5. The lowest BCUT2D eigenvalue weighted by Gasteiger charge is -2.13. The van der Waals surface area contributed by atoms with E-state index < -0.39 is 0 Å². The summed E-state index contributed by atoms with van der Waals surface area (Å²) in [5, 5.41) is 11.9. The van der Waals surface area contributed by atoms with Crippen LogP contribution >= 0.6 is 0 Å². The highest BCUT2D eigenvalue weighted by Crippen LogP contribution is 2.18. The van der Waals surface area contributed by atoms with Gasteiger partial charge in [0, 0.05) is 18.6 Å². The van der Waals surface area contributed by atoms with E-state index in [4.69, 9.17) is 9.84 Å². The first-order valence-corrected chi connectivity index (χ1v) is 6.87. The van der Waals surface area contributed by atoms with Crippen LogP contribution in [0.5, 0.6) is 5.75 Å². The molecule has 0 saturated carbocycles. The molecule has 1 aliphatic carbocycles. The number of rotatable bonds is 5. The molecule has 2 rings (SSSR count). The number of amides is 1. The maximum absolute atomic E-state index is 11.8. The molecule has 20 heavy (non-hydrogen) atoms. The van der Waals surface area contributed by atoms with Gasteiger partial charge in [0.1, 0.15) is 5.75 Å². The maximum atomic E-state index is 11.8. The van der Waals surface area contributed by atoms with Crippen LogP contribution in [0.4, 0.5) is 0 Å². The van der Waals surface area contributed by atoms with Crippen LogP contribution in [0.2, 0.25) is 0 Å². The molecule has 0 unspecified atom stereocenters. The van der Waals surface area contributed by atoms with Crippen molar-refractivity contribution in [2.45, 2.75) is 26.3 Å². The van der Waals surface area contributed by atoms with Gasteiger partial charge in [0.15, 0.2) is 6.61 Å². The van der Waals surface area contributed by atoms with E-state index in [1.54, 1.807) is 0 Å². The largest absolute Gasteiger partial charge is 0.484 e. The minimum Gasteiger partial charge on any atom is -0.484 e. The van der Waals surface area contributed by atoms with Crippen LogP contribution in [0.25, 0.3) is 0 Å². The molecule has 108 valence electrons. The Kier molecular flexibility index (Phi) is 4.79. The molecular weight excluding hydrogens is 254 g/mol. The van der Waals surface area contributed by atoms with Crippen LogP contribution in [0.1, 0.15) is 17.5 Å². The Bertz CT molecular complexity index is 510. The number of ether oxygens (including phenoxy) is 1. The van der Waals surface area contributed by atoms with Crippen molar-refractivity contribution in [2.75, 3.05) is 13.2 Å². The number of aryl methyl sites for hydroxylation is 2. The third kappa shape index (κ3) is 3.84. The molecule has 0 fully saturated rings. The second-order valence-corrected chi connectivity index (χ2v) is 5.27. The summed E-state index contributed by atoms with van der Waals surface area (Å²) in [6.45, 7) is 4.19. The lowest BCUT2D eigenvalue weighted by Crippen LogP contribution is -2.36. The zero-order chi connectivity index (χ0) is 14.5. The zero-order valence-electron chi connectivity index (χ0n) is 11.9. The monoisotopic (exact) mass is 275 g/mol. The smallest absolute Gasteiger partial charge is 0.258 e. The summed E-state index contributed by atoms with van der Waals surface area (Å²) >= 11 is 0. The van der Waals surface area contributed by atoms with E-state index in [0.717, 1.165) is 12.0 Å². The fraction of sp³-hybridized carbons (Fsp3) is 0.438. The number of aliphatic hydroxyl groups is 1. The van der Waals surface area contributed by atoms with Gasteiger partial charge < -0.3 is 15.2 Å². The number of carbonyl (C=O) groups excluding carboxylic acids is 1. The summed E-state index contributed by atoms with van der Waals surface area (Å²) in [4.78, 5) is 11.8. The normalized spacial score (nSPS) is 20.9. The Morgan fingerprint density at radius 1 is 1.35 bits per heavy atom. The average molecular weight is 275 g/mol. The Labute approximate surface area is 119 Å². The van der Waals surface area contributed by atoms with Gasteiger partial charge in [-0.3, -0.25) is 4.79 Å². The second-order valence-electron chi connectivity index (χ2n) is 5.27. The second kappa shape index (κ2) is 6.57. The molecular formula is C16H21NO3. The first-order chi connectivity index (χ1) is 9.58. The summed E-state index contributed by atoms with van der Waals surface area (Å²) in [6.07, 6.45) is 4.62. The standard InChI is InChI=1S/C16H21NO3/c1-11-3-6-15(7-12(11)2)20-10-16(19)17-14-5-4-13(8-14)9-18/h3-7,13-14,18H,8-10H2,1-2H3,(H,17,19)/t13-,14+/m0/s1. The Morgan fingerprint density at radius 2 is 2.15 bits per heavy atom. The molecule has 1 aromatic carbocycles. The summed E-state index contributed by atoms with van der Waals surface area (Å²) in [6, 6.07) is 5.78. The van der Waals surface area contributed by atoms with Crippen molar-refractivity contribution in [3.8, 4) is 5.75 Å². The lowest BCUT2D eigenvalue weighted by atomic mass is 10.1. The van der Waals surface area contributed by atoms with Crippen molar-refractivity contribution >= 4 is 5.91 Å². The van der Waals surface area contributed by atoms with Crippen LogP contribution in [0.15, 0.2) is 30.4 Å². The van der Waals surface area contributed by atoms with Crippen LogP contribution < -0.4 is 10.1 Å². The molecule has 0 radical (unpaired) electrons. The molecule has 2 N–H and O–H groups in total. The van der Waals surface area contributed by atoms with E-state index in [9.17, 15) is 4.79 Å².